The zero-order valence-electron chi connectivity index (χ0n) is 16.0. The Morgan fingerprint density at radius 1 is 1.31 bits per heavy atom. The first-order chi connectivity index (χ1) is 12.3. The van der Waals surface area contributed by atoms with Crippen molar-refractivity contribution in [2.45, 2.75) is 58.1 Å². The zero-order chi connectivity index (χ0) is 18.7. The Labute approximate surface area is 155 Å². The molecule has 2 N–H and O–H groups in total. The molecular weight excluding hydrogens is 333 g/mol. The predicted molar refractivity (Wildman–Crippen MR) is 102 cm³/mol. The minimum atomic E-state index is -0.496. The summed E-state index contributed by atoms with van der Waals surface area (Å²) in [6.45, 7) is 7.62. The van der Waals surface area contributed by atoms with Gasteiger partial charge in [0, 0.05) is 31.4 Å². The Balaban J connectivity index is 1.49. The minimum absolute atomic E-state index is 0.185. The lowest BCUT2D eigenvalue weighted by Gasteiger charge is -2.28. The lowest BCUT2D eigenvalue weighted by atomic mass is 9.93. The van der Waals surface area contributed by atoms with E-state index in [1.807, 2.05) is 32.9 Å². The molecule has 1 amide bonds. The van der Waals surface area contributed by atoms with Crippen molar-refractivity contribution < 1.29 is 13.9 Å². The fourth-order valence-corrected chi connectivity index (χ4v) is 3.40. The van der Waals surface area contributed by atoms with Crippen molar-refractivity contribution in [1.29, 1.82) is 0 Å². The van der Waals surface area contributed by atoms with Gasteiger partial charge in [0.1, 0.15) is 11.4 Å². The molecule has 0 radical (unpaired) electrons. The van der Waals surface area contributed by atoms with E-state index < -0.39 is 11.7 Å². The Morgan fingerprint density at radius 3 is 2.69 bits per heavy atom. The van der Waals surface area contributed by atoms with Crippen molar-refractivity contribution in [3.63, 3.8) is 0 Å². The van der Waals surface area contributed by atoms with Crippen LogP contribution in [-0.2, 0) is 4.74 Å². The highest BCUT2D eigenvalue weighted by Gasteiger charge is 2.26. The Kier molecular flexibility index (Phi) is 5.58. The lowest BCUT2D eigenvalue weighted by Crippen LogP contribution is -2.36. The largest absolute Gasteiger partial charge is 0.444 e. The molecule has 5 nitrogen and oxygen atoms in total. The van der Waals surface area contributed by atoms with E-state index in [0.29, 0.717) is 24.2 Å². The number of carbonyl (C=O) groups is 1. The summed E-state index contributed by atoms with van der Waals surface area (Å²) < 4.78 is 19.8. The van der Waals surface area contributed by atoms with Crippen LogP contribution in [0.4, 0.5) is 20.6 Å². The molecule has 144 valence electrons. The minimum Gasteiger partial charge on any atom is -0.444 e. The molecule has 1 atom stereocenters. The Hall–Kier alpha value is -1.98. The lowest BCUT2D eigenvalue weighted by molar-refractivity contribution is 0.0520. The average molecular weight is 363 g/mol. The van der Waals surface area contributed by atoms with Gasteiger partial charge in [-0.25, -0.2) is 9.18 Å². The van der Waals surface area contributed by atoms with E-state index in [2.05, 4.69) is 15.5 Å². The third-order valence-electron chi connectivity index (χ3n) is 4.98. The molecule has 1 aliphatic heterocycles. The van der Waals surface area contributed by atoms with Crippen LogP contribution in [0.5, 0.6) is 0 Å². The number of amides is 1. The molecular formula is C20H30FN3O2. The average Bonchev–Trinajstić information content (AvgIpc) is 2.96. The number of nitrogens with one attached hydrogen (secondary N) is 2. The van der Waals surface area contributed by atoms with Gasteiger partial charge in [0.05, 0.1) is 5.69 Å². The summed E-state index contributed by atoms with van der Waals surface area (Å²) in [6.07, 6.45) is 4.12. The smallest absolute Gasteiger partial charge is 0.407 e. The first kappa shape index (κ1) is 18.8. The van der Waals surface area contributed by atoms with E-state index in [4.69, 9.17) is 4.74 Å². The zero-order valence-corrected chi connectivity index (χ0v) is 16.0. The van der Waals surface area contributed by atoms with Gasteiger partial charge in [-0.2, -0.15) is 0 Å². The summed E-state index contributed by atoms with van der Waals surface area (Å²) in [5.41, 5.74) is 1.01. The fraction of sp³-hybridized carbons (Fsp3) is 0.650. The maximum atomic E-state index is 14.5. The second-order valence-electron chi connectivity index (χ2n) is 8.42. The van der Waals surface area contributed by atoms with Gasteiger partial charge in [-0.3, -0.25) is 0 Å². The summed E-state index contributed by atoms with van der Waals surface area (Å²) in [6, 6.07) is 5.92. The molecule has 1 aromatic rings. The van der Waals surface area contributed by atoms with Crippen LogP contribution in [0.2, 0.25) is 0 Å². The maximum Gasteiger partial charge on any atom is 0.407 e. The topological polar surface area (TPSA) is 53.6 Å². The van der Waals surface area contributed by atoms with E-state index in [1.165, 1.54) is 19.3 Å². The van der Waals surface area contributed by atoms with Gasteiger partial charge in [-0.15, -0.1) is 0 Å². The molecule has 1 saturated carbocycles. The monoisotopic (exact) mass is 363 g/mol. The third kappa shape index (κ3) is 5.02. The molecule has 1 unspecified atom stereocenters. The van der Waals surface area contributed by atoms with Gasteiger partial charge in [0.25, 0.3) is 0 Å². The number of rotatable bonds is 5. The van der Waals surface area contributed by atoms with Crippen LogP contribution >= 0.6 is 0 Å². The summed E-state index contributed by atoms with van der Waals surface area (Å²) in [7, 11) is 0. The molecule has 1 heterocycles. The number of hydrogen-bond donors (Lipinski definition) is 2. The molecule has 1 aliphatic carbocycles. The highest BCUT2D eigenvalue weighted by atomic mass is 19.1. The number of alkyl carbamates (subject to hydrolysis) is 1. The quantitative estimate of drug-likeness (QED) is 0.825. The fourth-order valence-electron chi connectivity index (χ4n) is 3.40. The molecule has 26 heavy (non-hydrogen) atoms. The van der Waals surface area contributed by atoms with E-state index in [0.717, 1.165) is 25.2 Å². The van der Waals surface area contributed by atoms with Crippen molar-refractivity contribution >= 4 is 17.5 Å². The second kappa shape index (κ2) is 7.72. The van der Waals surface area contributed by atoms with Crippen LogP contribution in [0.25, 0.3) is 0 Å². The number of nitrogens with zero attached hydrogens (tertiary/aromatic N) is 1. The van der Waals surface area contributed by atoms with Crippen molar-refractivity contribution in [1.82, 2.24) is 5.32 Å². The van der Waals surface area contributed by atoms with Gasteiger partial charge >= 0.3 is 6.09 Å². The van der Waals surface area contributed by atoms with Crippen molar-refractivity contribution in [3.05, 3.63) is 24.0 Å². The molecule has 2 aliphatic rings. The predicted octanol–water partition coefficient (Wildman–Crippen LogP) is 4.14. The molecule has 1 saturated heterocycles. The highest BCUT2D eigenvalue weighted by Crippen LogP contribution is 2.30. The number of halogens is 1. The van der Waals surface area contributed by atoms with Crippen LogP contribution < -0.4 is 15.5 Å². The van der Waals surface area contributed by atoms with E-state index in [-0.39, 0.29) is 5.82 Å². The van der Waals surface area contributed by atoms with Gasteiger partial charge in [-0.05, 0) is 70.6 Å². The number of benzene rings is 1. The van der Waals surface area contributed by atoms with Crippen molar-refractivity contribution in [3.8, 4) is 0 Å². The summed E-state index contributed by atoms with van der Waals surface area (Å²) >= 11 is 0. The Bertz CT molecular complexity index is 640. The number of ether oxygens (including phenoxy) is 1. The second-order valence-corrected chi connectivity index (χ2v) is 8.42. The van der Waals surface area contributed by atoms with Crippen LogP contribution in [0.15, 0.2) is 18.2 Å². The standard InChI is InChI=1S/C20H30FN3O2/c1-20(2,3)26-19(25)22-12-14-9-10-24(13-14)18-8-7-16(11-17(18)21)23-15-5-4-6-15/h7-8,11,14-15,23H,4-6,9-10,12-13H2,1-3H3,(H,22,25). The van der Waals surface area contributed by atoms with E-state index in [9.17, 15) is 9.18 Å². The van der Waals surface area contributed by atoms with Crippen LogP contribution in [0.1, 0.15) is 46.5 Å². The molecule has 3 rings (SSSR count). The van der Waals surface area contributed by atoms with Gasteiger partial charge in [0.15, 0.2) is 0 Å². The van der Waals surface area contributed by atoms with Gasteiger partial charge < -0.3 is 20.3 Å². The summed E-state index contributed by atoms with van der Waals surface area (Å²) in [5, 5.41) is 6.20. The first-order valence-electron chi connectivity index (χ1n) is 9.58. The SMILES string of the molecule is CC(C)(C)OC(=O)NCC1CCN(c2ccc(NC3CCC3)cc2F)C1. The maximum absolute atomic E-state index is 14.5. The number of anilines is 2. The molecule has 0 bridgehead atoms. The Morgan fingerprint density at radius 2 is 2.08 bits per heavy atom. The van der Waals surface area contributed by atoms with Crippen molar-refractivity contribution in [2.75, 3.05) is 29.9 Å². The normalized spacial score (nSPS) is 20.6. The molecule has 2 fully saturated rings. The summed E-state index contributed by atoms with van der Waals surface area (Å²) in [5.74, 6) is 0.116. The third-order valence-corrected chi connectivity index (χ3v) is 4.98. The van der Waals surface area contributed by atoms with Crippen LogP contribution in [0.3, 0.4) is 0 Å². The molecule has 6 heteroatoms. The van der Waals surface area contributed by atoms with Crippen LogP contribution in [0, 0.1) is 11.7 Å². The van der Waals surface area contributed by atoms with Crippen molar-refractivity contribution in [2.24, 2.45) is 5.92 Å². The highest BCUT2D eigenvalue weighted by molar-refractivity contribution is 5.67. The van der Waals surface area contributed by atoms with E-state index >= 15 is 0 Å². The summed E-state index contributed by atoms with van der Waals surface area (Å²) in [4.78, 5) is 13.8. The van der Waals surface area contributed by atoms with E-state index in [1.54, 1.807) is 6.07 Å². The van der Waals surface area contributed by atoms with Crippen LogP contribution in [-0.4, -0.2) is 37.4 Å². The van der Waals surface area contributed by atoms with Gasteiger partial charge in [-0.1, -0.05) is 0 Å². The number of hydrogen-bond acceptors (Lipinski definition) is 4. The molecule has 0 spiro atoms. The first-order valence-corrected chi connectivity index (χ1v) is 9.58. The number of carbonyl (C=O) groups excluding carboxylic acids is 1. The van der Waals surface area contributed by atoms with Gasteiger partial charge in [0.2, 0.25) is 0 Å². The molecule has 0 aromatic heterocycles. The molecule has 1 aromatic carbocycles.